The van der Waals surface area contributed by atoms with Gasteiger partial charge in [-0.1, -0.05) is 12.1 Å². The smallest absolute Gasteiger partial charge is 0.334 e. The summed E-state index contributed by atoms with van der Waals surface area (Å²) >= 11 is 1.37. The minimum Gasteiger partial charge on any atom is -0.334 e. The number of piperidine rings is 1. The third kappa shape index (κ3) is 4.67. The third-order valence-corrected chi connectivity index (χ3v) is 7.23. The number of nitrogens with zero attached hydrogens (tertiary/aromatic N) is 4. The summed E-state index contributed by atoms with van der Waals surface area (Å²) in [5, 5.41) is 0.723. The maximum atomic E-state index is 13.7. The number of hydrogen-bond acceptors (Lipinski definition) is 4. The number of alkyl halides is 3. The molecule has 10 heteroatoms. The van der Waals surface area contributed by atoms with Crippen LogP contribution in [-0.2, 0) is 12.6 Å². The molecule has 1 aromatic carbocycles. The lowest BCUT2D eigenvalue weighted by atomic mass is 9.97. The molecule has 1 atom stereocenters. The fourth-order valence-electron chi connectivity index (χ4n) is 4.61. The van der Waals surface area contributed by atoms with Crippen molar-refractivity contribution in [3.63, 3.8) is 0 Å². The summed E-state index contributed by atoms with van der Waals surface area (Å²) < 4.78 is 55.0. The molecule has 1 amide bonds. The lowest BCUT2D eigenvalue weighted by molar-refractivity contribution is -0.136. The van der Waals surface area contributed by atoms with Gasteiger partial charge < -0.3 is 9.30 Å². The van der Waals surface area contributed by atoms with Gasteiger partial charge in [0.25, 0.3) is 5.91 Å². The first-order chi connectivity index (χ1) is 16.7. The van der Waals surface area contributed by atoms with E-state index in [0.29, 0.717) is 34.8 Å². The molecule has 1 aliphatic rings. The molecule has 5 rings (SSSR count). The lowest BCUT2D eigenvalue weighted by Crippen LogP contribution is -2.45. The predicted molar refractivity (Wildman–Crippen MR) is 125 cm³/mol. The van der Waals surface area contributed by atoms with E-state index in [2.05, 4.69) is 9.97 Å². The molecular weight excluding hydrogens is 480 g/mol. The molecule has 0 spiro atoms. The van der Waals surface area contributed by atoms with Crippen LogP contribution in [0.1, 0.15) is 46.0 Å². The highest BCUT2D eigenvalue weighted by Gasteiger charge is 2.35. The van der Waals surface area contributed by atoms with Crippen LogP contribution < -0.4 is 0 Å². The first-order valence-electron chi connectivity index (χ1n) is 11.3. The van der Waals surface area contributed by atoms with Gasteiger partial charge in [0.2, 0.25) is 0 Å². The first kappa shape index (κ1) is 23.5. The first-order valence-corrected chi connectivity index (χ1v) is 12.1. The molecule has 5 nitrogen and oxygen atoms in total. The highest BCUT2D eigenvalue weighted by molar-refractivity contribution is 7.15. The van der Waals surface area contributed by atoms with Crippen LogP contribution in [0.3, 0.4) is 0 Å². The third-order valence-electron chi connectivity index (χ3n) is 6.21. The number of carbonyl (C=O) groups excluding carboxylic acids is 1. The number of aryl methyl sites for hydroxylation is 1. The van der Waals surface area contributed by atoms with Gasteiger partial charge in [-0.15, -0.1) is 11.3 Å². The number of thiazole rings is 1. The second kappa shape index (κ2) is 9.07. The predicted octanol–water partition coefficient (Wildman–Crippen LogP) is 6.16. The van der Waals surface area contributed by atoms with Crippen molar-refractivity contribution in [3.05, 3.63) is 76.6 Å². The minimum atomic E-state index is -4.50. The van der Waals surface area contributed by atoms with E-state index in [1.54, 1.807) is 23.2 Å². The van der Waals surface area contributed by atoms with E-state index in [0.717, 1.165) is 30.3 Å². The minimum absolute atomic E-state index is 0.141. The number of benzene rings is 1. The number of aromatic nitrogens is 3. The molecule has 0 radical (unpaired) electrons. The van der Waals surface area contributed by atoms with E-state index in [1.807, 2.05) is 6.92 Å². The zero-order valence-corrected chi connectivity index (χ0v) is 19.7. The van der Waals surface area contributed by atoms with Crippen LogP contribution in [0.4, 0.5) is 17.6 Å². The van der Waals surface area contributed by atoms with Crippen molar-refractivity contribution in [1.82, 2.24) is 19.3 Å². The van der Waals surface area contributed by atoms with Crippen LogP contribution in [0.15, 0.2) is 48.8 Å². The normalized spacial score (nSPS) is 16.7. The summed E-state index contributed by atoms with van der Waals surface area (Å²) in [5.41, 5.74) is 0.607. The molecular formula is C25H22F4N4OS. The molecule has 4 heterocycles. The zero-order chi connectivity index (χ0) is 24.7. The molecule has 35 heavy (non-hydrogen) atoms. The van der Waals surface area contributed by atoms with E-state index in [1.165, 1.54) is 40.1 Å². The van der Waals surface area contributed by atoms with E-state index in [4.69, 9.17) is 0 Å². The molecule has 0 N–H and O–H groups in total. The Balaban J connectivity index is 1.44. The number of pyridine rings is 1. The van der Waals surface area contributed by atoms with Crippen molar-refractivity contribution in [3.8, 4) is 10.4 Å². The molecule has 0 bridgehead atoms. The van der Waals surface area contributed by atoms with Gasteiger partial charge in [0.15, 0.2) is 0 Å². The van der Waals surface area contributed by atoms with Crippen LogP contribution in [0.2, 0.25) is 0 Å². The summed E-state index contributed by atoms with van der Waals surface area (Å²) in [4.78, 5) is 24.9. The lowest BCUT2D eigenvalue weighted by Gasteiger charge is -2.35. The van der Waals surface area contributed by atoms with Gasteiger partial charge in [-0.3, -0.25) is 4.79 Å². The van der Waals surface area contributed by atoms with E-state index in [-0.39, 0.29) is 23.4 Å². The van der Waals surface area contributed by atoms with Crippen molar-refractivity contribution in [2.75, 3.05) is 6.54 Å². The van der Waals surface area contributed by atoms with Crippen molar-refractivity contribution in [1.29, 1.82) is 0 Å². The number of fused-ring (bicyclic) bond motifs is 1. The van der Waals surface area contributed by atoms with Gasteiger partial charge in [0.1, 0.15) is 17.2 Å². The quantitative estimate of drug-likeness (QED) is 0.314. The van der Waals surface area contributed by atoms with Gasteiger partial charge in [-0.05, 0) is 56.0 Å². The number of amides is 1. The summed E-state index contributed by atoms with van der Waals surface area (Å²) in [7, 11) is 0. The molecule has 1 aliphatic heterocycles. The Hall–Kier alpha value is -3.27. The molecule has 4 aromatic rings. The Morgan fingerprint density at radius 2 is 1.91 bits per heavy atom. The van der Waals surface area contributed by atoms with Gasteiger partial charge in [-0.25, -0.2) is 14.4 Å². The standard InChI is InChI=1S/C25H22F4N4OS/c1-15-30-21(22(35-15)16-7-9-17(26)10-8-16)24(34)33-12-3-2-5-19(33)13-18-14-32-11-4-6-20(23(32)31-18)25(27,28)29/h4,6-11,14,19H,2-3,5,12-13H2,1H3. The molecule has 3 aromatic heterocycles. The molecule has 1 unspecified atom stereocenters. The van der Waals surface area contributed by atoms with E-state index >= 15 is 0 Å². The highest BCUT2D eigenvalue weighted by Crippen LogP contribution is 2.34. The van der Waals surface area contributed by atoms with Crippen LogP contribution in [0.5, 0.6) is 0 Å². The SMILES string of the molecule is Cc1nc(C(=O)N2CCCCC2Cc2cn3cccc(C(F)(F)F)c3n2)c(-c2ccc(F)cc2)s1. The molecule has 1 saturated heterocycles. The van der Waals surface area contributed by atoms with Crippen molar-refractivity contribution in [2.24, 2.45) is 0 Å². The maximum absolute atomic E-state index is 13.7. The summed E-state index contributed by atoms with van der Waals surface area (Å²) in [6, 6.07) is 8.10. The van der Waals surface area contributed by atoms with Crippen molar-refractivity contribution >= 4 is 22.9 Å². The number of imidazole rings is 1. The summed E-state index contributed by atoms with van der Waals surface area (Å²) in [5.74, 6) is -0.585. The molecule has 182 valence electrons. The monoisotopic (exact) mass is 502 g/mol. The van der Waals surface area contributed by atoms with Crippen molar-refractivity contribution < 1.29 is 22.4 Å². The van der Waals surface area contributed by atoms with Gasteiger partial charge in [0.05, 0.1) is 21.1 Å². The van der Waals surface area contributed by atoms with Gasteiger partial charge in [0, 0.05) is 31.4 Å². The largest absolute Gasteiger partial charge is 0.419 e. The number of carbonyl (C=O) groups is 1. The van der Waals surface area contributed by atoms with Crippen LogP contribution in [0.25, 0.3) is 16.1 Å². The van der Waals surface area contributed by atoms with Crippen LogP contribution >= 0.6 is 11.3 Å². The molecule has 1 fully saturated rings. The van der Waals surface area contributed by atoms with Gasteiger partial charge >= 0.3 is 6.18 Å². The van der Waals surface area contributed by atoms with Crippen molar-refractivity contribution in [2.45, 2.75) is 44.8 Å². The topological polar surface area (TPSA) is 50.5 Å². The fraction of sp³-hybridized carbons (Fsp3) is 0.320. The van der Waals surface area contributed by atoms with Crippen LogP contribution in [-0.4, -0.2) is 37.8 Å². The number of likely N-dealkylation sites (tertiary alicyclic amines) is 1. The second-order valence-corrected chi connectivity index (χ2v) is 9.86. The maximum Gasteiger partial charge on any atom is 0.419 e. The Morgan fingerprint density at radius 1 is 1.14 bits per heavy atom. The Kier molecular flexibility index (Phi) is 6.08. The fourth-order valence-corrected chi connectivity index (χ4v) is 5.53. The molecule has 0 saturated carbocycles. The van der Waals surface area contributed by atoms with E-state index in [9.17, 15) is 22.4 Å². The number of halogens is 4. The average molecular weight is 503 g/mol. The van der Waals surface area contributed by atoms with Gasteiger partial charge in [-0.2, -0.15) is 13.2 Å². The Bertz CT molecular complexity index is 1380. The second-order valence-electron chi connectivity index (χ2n) is 8.65. The van der Waals surface area contributed by atoms with Crippen LogP contribution in [0, 0.1) is 12.7 Å². The summed E-state index contributed by atoms with van der Waals surface area (Å²) in [6.07, 6.45) is 1.45. The Morgan fingerprint density at radius 3 is 2.66 bits per heavy atom. The highest BCUT2D eigenvalue weighted by atomic mass is 32.1. The number of hydrogen-bond donors (Lipinski definition) is 0. The van der Waals surface area contributed by atoms with E-state index < -0.39 is 11.7 Å². The summed E-state index contributed by atoms with van der Waals surface area (Å²) in [6.45, 7) is 2.35. The Labute approximate surface area is 203 Å². The molecule has 0 aliphatic carbocycles. The zero-order valence-electron chi connectivity index (χ0n) is 18.8. The number of rotatable bonds is 4. The average Bonchev–Trinajstić information content (AvgIpc) is 3.41.